The highest BCUT2D eigenvalue weighted by Gasteiger charge is 2.31. The zero-order valence-electron chi connectivity index (χ0n) is 12.1. The van der Waals surface area contributed by atoms with Crippen molar-refractivity contribution in [1.82, 2.24) is 9.88 Å². The number of amides is 2. The number of primary amides is 1. The Morgan fingerprint density at radius 2 is 2.09 bits per heavy atom. The Labute approximate surface area is 132 Å². The lowest BCUT2D eigenvalue weighted by atomic mass is 10.1. The maximum absolute atomic E-state index is 12.4. The average Bonchev–Trinajstić information content (AvgIpc) is 3.17. The molecule has 0 bridgehead atoms. The summed E-state index contributed by atoms with van der Waals surface area (Å²) in [5.74, 6) is -0.677. The van der Waals surface area contributed by atoms with Gasteiger partial charge in [-0.3, -0.25) is 9.59 Å². The van der Waals surface area contributed by atoms with Crippen LogP contribution in [0.1, 0.15) is 27.5 Å². The second-order valence-corrected chi connectivity index (χ2v) is 6.37. The van der Waals surface area contributed by atoms with Crippen molar-refractivity contribution in [2.24, 2.45) is 11.7 Å². The van der Waals surface area contributed by atoms with Gasteiger partial charge in [0.15, 0.2) is 0 Å². The molecule has 1 aliphatic heterocycles. The second kappa shape index (κ2) is 6.27. The maximum Gasteiger partial charge on any atom is 0.273 e. The second-order valence-electron chi connectivity index (χ2n) is 5.43. The van der Waals surface area contributed by atoms with Gasteiger partial charge in [-0.05, 0) is 12.0 Å². The van der Waals surface area contributed by atoms with Crippen LogP contribution in [0.5, 0.6) is 0 Å². The number of aromatic nitrogens is 1. The molecular weight excluding hydrogens is 298 g/mol. The van der Waals surface area contributed by atoms with Gasteiger partial charge in [0, 0.05) is 24.9 Å². The quantitative estimate of drug-likeness (QED) is 0.932. The minimum absolute atomic E-state index is 0.112. The van der Waals surface area contributed by atoms with Crippen molar-refractivity contribution in [1.29, 1.82) is 0 Å². The van der Waals surface area contributed by atoms with Crippen LogP contribution in [0.15, 0.2) is 35.7 Å². The topological polar surface area (TPSA) is 76.3 Å². The van der Waals surface area contributed by atoms with Gasteiger partial charge in [-0.25, -0.2) is 4.98 Å². The summed E-state index contributed by atoms with van der Waals surface area (Å²) in [5, 5.41) is 2.71. The number of nitrogens with zero attached hydrogens (tertiary/aromatic N) is 2. The smallest absolute Gasteiger partial charge is 0.273 e. The van der Waals surface area contributed by atoms with Crippen molar-refractivity contribution in [2.75, 3.05) is 13.1 Å². The fraction of sp³-hybridized carbons (Fsp3) is 0.312. The lowest BCUT2D eigenvalue weighted by molar-refractivity contribution is -0.121. The van der Waals surface area contributed by atoms with Crippen LogP contribution in [0.25, 0.3) is 0 Å². The van der Waals surface area contributed by atoms with E-state index >= 15 is 0 Å². The van der Waals surface area contributed by atoms with Gasteiger partial charge in [0.25, 0.3) is 5.91 Å². The first-order valence-electron chi connectivity index (χ1n) is 7.20. The maximum atomic E-state index is 12.4. The third-order valence-corrected chi connectivity index (χ3v) is 4.70. The standard InChI is InChI=1S/C16H17N3O2S/c17-15(20)12-6-7-19(9-12)16(21)13-10-22-14(18-13)8-11-4-2-1-3-5-11/h1-5,10,12H,6-9H2,(H2,17,20)/t12-/m1/s1. The molecular formula is C16H17N3O2S. The van der Waals surface area contributed by atoms with E-state index in [2.05, 4.69) is 4.98 Å². The third-order valence-electron chi connectivity index (χ3n) is 3.85. The highest BCUT2D eigenvalue weighted by molar-refractivity contribution is 7.09. The number of carbonyl (C=O) groups excluding carboxylic acids is 2. The SMILES string of the molecule is NC(=O)[C@@H]1CCN(C(=O)c2csc(Cc3ccccc3)n2)C1. The Morgan fingerprint density at radius 1 is 1.32 bits per heavy atom. The number of thiazole rings is 1. The fourth-order valence-corrected chi connectivity index (χ4v) is 3.40. The van der Waals surface area contributed by atoms with Crippen LogP contribution in [-0.4, -0.2) is 34.8 Å². The summed E-state index contributed by atoms with van der Waals surface area (Å²) in [7, 11) is 0. The molecule has 22 heavy (non-hydrogen) atoms. The summed E-state index contributed by atoms with van der Waals surface area (Å²) in [4.78, 5) is 29.7. The normalized spacial score (nSPS) is 17.6. The van der Waals surface area contributed by atoms with Crippen molar-refractivity contribution in [3.63, 3.8) is 0 Å². The third kappa shape index (κ3) is 3.17. The summed E-state index contributed by atoms with van der Waals surface area (Å²) in [6.07, 6.45) is 1.37. The molecule has 5 nitrogen and oxygen atoms in total. The Hall–Kier alpha value is -2.21. The number of likely N-dealkylation sites (tertiary alicyclic amines) is 1. The predicted molar refractivity (Wildman–Crippen MR) is 84.6 cm³/mol. The number of benzene rings is 1. The Bertz CT molecular complexity index is 684. The average molecular weight is 315 g/mol. The summed E-state index contributed by atoms with van der Waals surface area (Å²) in [5.41, 5.74) is 6.93. The van der Waals surface area contributed by atoms with Crippen LogP contribution in [0, 0.1) is 5.92 Å². The van der Waals surface area contributed by atoms with Crippen LogP contribution in [0.3, 0.4) is 0 Å². The molecule has 1 aromatic carbocycles. The van der Waals surface area contributed by atoms with E-state index in [0.29, 0.717) is 25.2 Å². The van der Waals surface area contributed by atoms with E-state index in [1.54, 1.807) is 10.3 Å². The Balaban J connectivity index is 1.66. The molecule has 1 saturated heterocycles. The number of nitrogens with two attached hydrogens (primary N) is 1. The molecule has 0 saturated carbocycles. The van der Waals surface area contributed by atoms with E-state index < -0.39 is 0 Å². The van der Waals surface area contributed by atoms with Gasteiger partial charge < -0.3 is 10.6 Å². The molecule has 1 aliphatic rings. The summed E-state index contributed by atoms with van der Waals surface area (Å²) in [6.45, 7) is 0.970. The van der Waals surface area contributed by atoms with Crippen LogP contribution >= 0.6 is 11.3 Å². The van der Waals surface area contributed by atoms with Gasteiger partial charge >= 0.3 is 0 Å². The summed E-state index contributed by atoms with van der Waals surface area (Å²) >= 11 is 1.49. The number of hydrogen-bond acceptors (Lipinski definition) is 4. The van der Waals surface area contributed by atoms with Crippen molar-refractivity contribution in [3.8, 4) is 0 Å². The molecule has 1 fully saturated rings. The van der Waals surface area contributed by atoms with Crippen LogP contribution in [0.2, 0.25) is 0 Å². The molecule has 1 atom stereocenters. The van der Waals surface area contributed by atoms with E-state index in [1.165, 1.54) is 16.9 Å². The highest BCUT2D eigenvalue weighted by Crippen LogP contribution is 2.20. The lowest BCUT2D eigenvalue weighted by Gasteiger charge is -2.14. The molecule has 2 amide bonds. The van der Waals surface area contributed by atoms with Crippen molar-refractivity contribution < 1.29 is 9.59 Å². The highest BCUT2D eigenvalue weighted by atomic mass is 32.1. The molecule has 3 rings (SSSR count). The minimum Gasteiger partial charge on any atom is -0.369 e. The van der Waals surface area contributed by atoms with Crippen LogP contribution in [-0.2, 0) is 11.2 Å². The van der Waals surface area contributed by atoms with E-state index in [0.717, 1.165) is 11.4 Å². The summed E-state index contributed by atoms with van der Waals surface area (Å²) < 4.78 is 0. The molecule has 1 aromatic heterocycles. The molecule has 2 aromatic rings. The van der Waals surface area contributed by atoms with Crippen LogP contribution < -0.4 is 5.73 Å². The van der Waals surface area contributed by atoms with Gasteiger partial charge in [-0.2, -0.15) is 0 Å². The number of rotatable bonds is 4. The van der Waals surface area contributed by atoms with E-state index in [4.69, 9.17) is 5.73 Å². The van der Waals surface area contributed by atoms with Gasteiger partial charge in [0.05, 0.1) is 10.9 Å². The molecule has 0 aliphatic carbocycles. The molecule has 0 radical (unpaired) electrons. The number of hydrogen-bond donors (Lipinski definition) is 1. The lowest BCUT2D eigenvalue weighted by Crippen LogP contribution is -2.31. The fourth-order valence-electron chi connectivity index (χ4n) is 2.60. The first kappa shape index (κ1) is 14.7. The van der Waals surface area contributed by atoms with Gasteiger partial charge in [0.2, 0.25) is 5.91 Å². The zero-order valence-corrected chi connectivity index (χ0v) is 12.9. The van der Waals surface area contributed by atoms with E-state index in [-0.39, 0.29) is 17.7 Å². The van der Waals surface area contributed by atoms with Crippen molar-refractivity contribution >= 4 is 23.2 Å². The molecule has 2 heterocycles. The van der Waals surface area contributed by atoms with Gasteiger partial charge in [0.1, 0.15) is 5.69 Å². The Morgan fingerprint density at radius 3 is 2.77 bits per heavy atom. The van der Waals surface area contributed by atoms with Crippen molar-refractivity contribution in [3.05, 3.63) is 52.0 Å². The summed E-state index contributed by atoms with van der Waals surface area (Å²) in [6, 6.07) is 10.0. The van der Waals surface area contributed by atoms with Crippen LogP contribution in [0.4, 0.5) is 0 Å². The molecule has 2 N–H and O–H groups in total. The van der Waals surface area contributed by atoms with Gasteiger partial charge in [-0.15, -0.1) is 11.3 Å². The molecule has 6 heteroatoms. The first-order chi connectivity index (χ1) is 10.6. The monoisotopic (exact) mass is 315 g/mol. The first-order valence-corrected chi connectivity index (χ1v) is 8.08. The minimum atomic E-state index is -0.335. The predicted octanol–water partition coefficient (Wildman–Crippen LogP) is 1.68. The molecule has 114 valence electrons. The molecule has 0 spiro atoms. The van der Waals surface area contributed by atoms with Crippen molar-refractivity contribution in [2.45, 2.75) is 12.8 Å². The van der Waals surface area contributed by atoms with Gasteiger partial charge in [-0.1, -0.05) is 30.3 Å². The van der Waals surface area contributed by atoms with E-state index in [9.17, 15) is 9.59 Å². The van der Waals surface area contributed by atoms with E-state index in [1.807, 2.05) is 30.3 Å². The largest absolute Gasteiger partial charge is 0.369 e. The Kier molecular flexibility index (Phi) is 4.20. The molecule has 0 unspecified atom stereocenters. The number of carbonyl (C=O) groups is 2. The zero-order chi connectivity index (χ0) is 15.5.